The highest BCUT2D eigenvalue weighted by Crippen LogP contribution is 2.10. The zero-order valence-electron chi connectivity index (χ0n) is 10.4. The van der Waals surface area contributed by atoms with E-state index in [1.54, 1.807) is 23.6 Å². The van der Waals surface area contributed by atoms with Crippen LogP contribution in [0.15, 0.2) is 0 Å². The Hall–Kier alpha value is -0.710. The second-order valence-corrected chi connectivity index (χ2v) is 4.88. The highest BCUT2D eigenvalue weighted by Gasteiger charge is 2.22. The first kappa shape index (κ1) is 15.3. The lowest BCUT2D eigenvalue weighted by molar-refractivity contribution is -0.143. The number of carboxylic acid groups (broad SMARTS) is 1. The molecule has 0 aliphatic heterocycles. The molecule has 0 aromatic heterocycles. The average molecular weight is 247 g/mol. The Morgan fingerprint density at radius 3 is 2.25 bits per heavy atom. The van der Waals surface area contributed by atoms with Gasteiger partial charge in [0.05, 0.1) is 5.92 Å². The Morgan fingerprint density at radius 1 is 1.31 bits per heavy atom. The summed E-state index contributed by atoms with van der Waals surface area (Å²) < 4.78 is 0. The topological polar surface area (TPSA) is 57.6 Å². The zero-order valence-corrected chi connectivity index (χ0v) is 11.2. The van der Waals surface area contributed by atoms with Crippen molar-refractivity contribution in [1.82, 2.24) is 4.90 Å². The van der Waals surface area contributed by atoms with Crippen molar-refractivity contribution in [2.24, 2.45) is 11.8 Å². The zero-order chi connectivity index (χ0) is 12.7. The molecule has 1 N–H and O–H groups in total. The summed E-state index contributed by atoms with van der Waals surface area (Å²) in [6, 6.07) is 0. The highest BCUT2D eigenvalue weighted by atomic mass is 32.2. The van der Waals surface area contributed by atoms with Crippen molar-refractivity contribution in [2.45, 2.75) is 20.8 Å². The molecule has 94 valence electrons. The summed E-state index contributed by atoms with van der Waals surface area (Å²) >= 11 is 1.63. The molecule has 2 atom stereocenters. The molecule has 0 saturated carbocycles. The summed E-state index contributed by atoms with van der Waals surface area (Å²) in [6.07, 6.45) is 1.96. The fourth-order valence-corrected chi connectivity index (χ4v) is 2.06. The Morgan fingerprint density at radius 2 is 1.88 bits per heavy atom. The van der Waals surface area contributed by atoms with E-state index in [9.17, 15) is 9.59 Å². The van der Waals surface area contributed by atoms with Crippen molar-refractivity contribution in [3.8, 4) is 0 Å². The first-order valence-electron chi connectivity index (χ1n) is 5.44. The molecule has 1 amide bonds. The molecular weight excluding hydrogens is 226 g/mol. The van der Waals surface area contributed by atoms with Gasteiger partial charge in [0.25, 0.3) is 0 Å². The third-order valence-corrected chi connectivity index (χ3v) is 3.28. The van der Waals surface area contributed by atoms with Crippen molar-refractivity contribution in [2.75, 3.05) is 25.1 Å². The van der Waals surface area contributed by atoms with Crippen LogP contribution in [0, 0.1) is 11.8 Å². The van der Waals surface area contributed by atoms with Crippen LogP contribution in [-0.2, 0) is 9.59 Å². The van der Waals surface area contributed by atoms with Crippen molar-refractivity contribution in [1.29, 1.82) is 0 Å². The summed E-state index contributed by atoms with van der Waals surface area (Å²) in [7, 11) is 0. The summed E-state index contributed by atoms with van der Waals surface area (Å²) in [4.78, 5) is 24.3. The average Bonchev–Trinajstić information content (AvgIpc) is 2.24. The maximum atomic E-state index is 11.9. The second-order valence-electron chi connectivity index (χ2n) is 3.97. The van der Waals surface area contributed by atoms with Crippen LogP contribution >= 0.6 is 11.8 Å². The quantitative estimate of drug-likeness (QED) is 0.741. The van der Waals surface area contributed by atoms with E-state index in [0.29, 0.717) is 13.1 Å². The van der Waals surface area contributed by atoms with Gasteiger partial charge < -0.3 is 10.0 Å². The molecule has 0 aliphatic carbocycles. The second kappa shape index (κ2) is 7.54. The van der Waals surface area contributed by atoms with Gasteiger partial charge in [-0.15, -0.1) is 0 Å². The predicted molar refractivity (Wildman–Crippen MR) is 66.6 cm³/mol. The third-order valence-electron chi connectivity index (χ3n) is 2.45. The van der Waals surface area contributed by atoms with Gasteiger partial charge in [-0.2, -0.15) is 11.8 Å². The largest absolute Gasteiger partial charge is 0.481 e. The van der Waals surface area contributed by atoms with Gasteiger partial charge in [-0.05, 0) is 13.2 Å². The highest BCUT2D eigenvalue weighted by molar-refractivity contribution is 7.98. The number of rotatable bonds is 7. The molecule has 0 aliphatic rings. The van der Waals surface area contributed by atoms with Gasteiger partial charge in [0.1, 0.15) is 0 Å². The summed E-state index contributed by atoms with van der Waals surface area (Å²) in [5.74, 6) is -0.591. The Bertz CT molecular complexity index is 245. The first-order chi connectivity index (χ1) is 7.43. The molecule has 0 aromatic carbocycles. The first-order valence-corrected chi connectivity index (χ1v) is 6.83. The standard InChI is InChI=1S/C11H21NO3S/c1-5-12(6-8(2)11(14)15)10(13)9(3)7-16-4/h8-9H,5-7H2,1-4H3,(H,14,15). The molecule has 0 aromatic rings. The molecule has 0 rings (SSSR count). The van der Waals surface area contributed by atoms with Crippen molar-refractivity contribution < 1.29 is 14.7 Å². The van der Waals surface area contributed by atoms with E-state index in [2.05, 4.69) is 0 Å². The Kier molecular flexibility index (Phi) is 7.21. The molecule has 16 heavy (non-hydrogen) atoms. The predicted octanol–water partition coefficient (Wildman–Crippen LogP) is 1.55. The maximum Gasteiger partial charge on any atom is 0.308 e. The smallest absolute Gasteiger partial charge is 0.308 e. The molecular formula is C11H21NO3S. The van der Waals surface area contributed by atoms with Crippen LogP contribution in [0.2, 0.25) is 0 Å². The van der Waals surface area contributed by atoms with E-state index in [4.69, 9.17) is 5.11 Å². The van der Waals surface area contributed by atoms with E-state index in [1.807, 2.05) is 20.1 Å². The molecule has 0 spiro atoms. The molecule has 2 unspecified atom stereocenters. The SMILES string of the molecule is CCN(CC(C)C(=O)O)C(=O)C(C)CSC. The lowest BCUT2D eigenvalue weighted by Crippen LogP contribution is -2.40. The number of hydrogen-bond donors (Lipinski definition) is 1. The molecule has 0 bridgehead atoms. The number of carbonyl (C=O) groups excluding carboxylic acids is 1. The monoisotopic (exact) mass is 247 g/mol. The molecule has 0 heterocycles. The Labute approximate surface area is 101 Å². The van der Waals surface area contributed by atoms with Crippen LogP contribution in [0.5, 0.6) is 0 Å². The lowest BCUT2D eigenvalue weighted by Gasteiger charge is -2.25. The van der Waals surface area contributed by atoms with Gasteiger partial charge in [0.15, 0.2) is 0 Å². The molecule has 0 radical (unpaired) electrons. The Balaban J connectivity index is 4.37. The van der Waals surface area contributed by atoms with Crippen molar-refractivity contribution in [3.05, 3.63) is 0 Å². The van der Waals surface area contributed by atoms with Crippen molar-refractivity contribution in [3.63, 3.8) is 0 Å². The van der Waals surface area contributed by atoms with Gasteiger partial charge in [0.2, 0.25) is 5.91 Å². The third kappa shape index (κ3) is 4.88. The van der Waals surface area contributed by atoms with E-state index in [0.717, 1.165) is 5.75 Å². The minimum absolute atomic E-state index is 0.0454. The van der Waals surface area contributed by atoms with E-state index in [-0.39, 0.29) is 11.8 Å². The number of amides is 1. The number of thioether (sulfide) groups is 1. The van der Waals surface area contributed by atoms with Crippen LogP contribution in [0.4, 0.5) is 0 Å². The van der Waals surface area contributed by atoms with Crippen LogP contribution < -0.4 is 0 Å². The number of hydrogen-bond acceptors (Lipinski definition) is 3. The van der Waals surface area contributed by atoms with Gasteiger partial charge >= 0.3 is 5.97 Å². The van der Waals surface area contributed by atoms with Crippen molar-refractivity contribution >= 4 is 23.6 Å². The fourth-order valence-electron chi connectivity index (χ4n) is 1.42. The summed E-state index contributed by atoms with van der Waals surface area (Å²) in [5.41, 5.74) is 0. The van der Waals surface area contributed by atoms with Crippen LogP contribution in [0.3, 0.4) is 0 Å². The minimum atomic E-state index is -0.858. The number of carboxylic acids is 1. The summed E-state index contributed by atoms with van der Waals surface area (Å²) in [5, 5.41) is 8.81. The normalized spacial score (nSPS) is 14.2. The lowest BCUT2D eigenvalue weighted by atomic mass is 10.1. The van der Waals surface area contributed by atoms with E-state index >= 15 is 0 Å². The number of aliphatic carboxylic acids is 1. The molecule has 0 saturated heterocycles. The van der Waals surface area contributed by atoms with E-state index < -0.39 is 11.9 Å². The van der Waals surface area contributed by atoms with Gasteiger partial charge in [-0.25, -0.2) is 0 Å². The van der Waals surface area contributed by atoms with Crippen LogP contribution in [0.25, 0.3) is 0 Å². The van der Waals surface area contributed by atoms with E-state index in [1.165, 1.54) is 0 Å². The molecule has 5 heteroatoms. The maximum absolute atomic E-state index is 11.9. The van der Waals surface area contributed by atoms with Gasteiger partial charge in [-0.3, -0.25) is 9.59 Å². The van der Waals surface area contributed by atoms with Crippen LogP contribution in [-0.4, -0.2) is 47.0 Å². The molecule has 4 nitrogen and oxygen atoms in total. The van der Waals surface area contributed by atoms with Gasteiger partial charge in [-0.1, -0.05) is 13.8 Å². The van der Waals surface area contributed by atoms with Gasteiger partial charge in [0, 0.05) is 24.8 Å². The fraction of sp³-hybridized carbons (Fsp3) is 0.818. The summed E-state index contributed by atoms with van der Waals surface area (Å²) in [6.45, 7) is 6.24. The number of nitrogens with zero attached hydrogens (tertiary/aromatic N) is 1. The van der Waals surface area contributed by atoms with Crippen LogP contribution in [0.1, 0.15) is 20.8 Å². The molecule has 0 fully saturated rings. The number of carbonyl (C=O) groups is 2. The minimum Gasteiger partial charge on any atom is -0.481 e.